The number of thiazole rings is 1. The molecule has 0 spiro atoms. The van der Waals surface area contributed by atoms with Crippen molar-refractivity contribution in [2.45, 2.75) is 4.90 Å². The summed E-state index contributed by atoms with van der Waals surface area (Å²) in [6.07, 6.45) is 0. The molecule has 0 saturated carbocycles. The fraction of sp³-hybridized carbons (Fsp3) is 0. The first-order valence-corrected chi connectivity index (χ1v) is 12.1. The predicted octanol–water partition coefficient (Wildman–Crippen LogP) is 4.36. The predicted molar refractivity (Wildman–Crippen MR) is 130 cm³/mol. The monoisotopic (exact) mass is 495 g/mol. The van der Waals surface area contributed by atoms with E-state index in [0.29, 0.717) is 32.6 Å². The Bertz CT molecular complexity index is 1450. The van der Waals surface area contributed by atoms with Gasteiger partial charge >= 0.3 is 0 Å². The van der Waals surface area contributed by atoms with Crippen LogP contribution >= 0.6 is 11.3 Å². The van der Waals surface area contributed by atoms with E-state index in [9.17, 15) is 23.3 Å². The smallest absolute Gasteiger partial charge is 0.269 e. The Morgan fingerprint density at radius 2 is 1.59 bits per heavy atom. The molecule has 1 aromatic heterocycles. The number of rotatable bonds is 7. The number of hydrogen-bond acceptors (Lipinski definition) is 8. The van der Waals surface area contributed by atoms with Crippen molar-refractivity contribution >= 4 is 49.5 Å². The Labute approximate surface area is 198 Å². The molecule has 1 heterocycles. The van der Waals surface area contributed by atoms with Crippen LogP contribution < -0.4 is 15.8 Å². The van der Waals surface area contributed by atoms with Gasteiger partial charge in [-0.3, -0.25) is 14.9 Å². The summed E-state index contributed by atoms with van der Waals surface area (Å²) < 4.78 is 22.9. The maximum atomic E-state index is 13.0. The van der Waals surface area contributed by atoms with Crippen molar-refractivity contribution in [3.8, 4) is 11.3 Å². The number of nitrogens with two attached hydrogens (primary N) is 1. The van der Waals surface area contributed by atoms with E-state index in [1.54, 1.807) is 24.3 Å². The highest BCUT2D eigenvalue weighted by atomic mass is 32.2. The number of carbonyl (C=O) groups is 1. The van der Waals surface area contributed by atoms with Crippen LogP contribution in [0.3, 0.4) is 0 Å². The molecule has 12 heteroatoms. The summed E-state index contributed by atoms with van der Waals surface area (Å²) in [6, 6.07) is 20.4. The number of benzene rings is 3. The number of para-hydroxylation sites is 1. The lowest BCUT2D eigenvalue weighted by Gasteiger charge is -2.05. The number of hydrogen-bond donors (Lipinski definition) is 3. The summed E-state index contributed by atoms with van der Waals surface area (Å²) in [5, 5.41) is 22.4. The lowest BCUT2D eigenvalue weighted by atomic mass is 10.1. The molecule has 0 radical (unpaired) electrons. The van der Waals surface area contributed by atoms with E-state index in [1.165, 1.54) is 48.5 Å². The summed E-state index contributed by atoms with van der Waals surface area (Å²) in [4.78, 5) is 28.3. The number of sulfonamides is 1. The van der Waals surface area contributed by atoms with Crippen molar-refractivity contribution in [1.82, 2.24) is 4.98 Å². The summed E-state index contributed by atoms with van der Waals surface area (Å²) in [7, 11) is -3.82. The first kappa shape index (κ1) is 23.0. The second kappa shape index (κ2) is 9.39. The van der Waals surface area contributed by atoms with Crippen molar-refractivity contribution in [1.29, 1.82) is 0 Å². The zero-order valence-electron chi connectivity index (χ0n) is 17.3. The van der Waals surface area contributed by atoms with Gasteiger partial charge in [0.2, 0.25) is 10.0 Å². The number of nitrogens with one attached hydrogen (secondary N) is 2. The number of nitrogens with zero attached hydrogens (tertiary/aromatic N) is 2. The summed E-state index contributed by atoms with van der Waals surface area (Å²) in [5.41, 5.74) is 1.92. The zero-order chi connectivity index (χ0) is 24.3. The van der Waals surface area contributed by atoms with Gasteiger partial charge in [0.1, 0.15) is 4.88 Å². The van der Waals surface area contributed by atoms with E-state index in [0.717, 1.165) is 11.3 Å². The Kier molecular flexibility index (Phi) is 6.36. The minimum absolute atomic E-state index is 0.0355. The Balaban J connectivity index is 1.68. The topological polar surface area (TPSA) is 157 Å². The molecule has 34 heavy (non-hydrogen) atoms. The molecule has 4 N–H and O–H groups in total. The fourth-order valence-electron chi connectivity index (χ4n) is 3.02. The molecular formula is C22H17N5O5S2. The number of non-ortho nitro benzene ring substituents is 1. The van der Waals surface area contributed by atoms with Crippen LogP contribution in [0.2, 0.25) is 0 Å². The lowest BCUT2D eigenvalue weighted by Crippen LogP contribution is -2.11. The van der Waals surface area contributed by atoms with Crippen molar-refractivity contribution in [2.75, 3.05) is 10.6 Å². The molecule has 0 aliphatic rings. The van der Waals surface area contributed by atoms with Gasteiger partial charge in [-0.15, -0.1) is 0 Å². The molecule has 0 aliphatic carbocycles. The third kappa shape index (κ3) is 5.26. The normalized spacial score (nSPS) is 11.1. The highest BCUT2D eigenvalue weighted by molar-refractivity contribution is 7.89. The van der Waals surface area contributed by atoms with E-state index < -0.39 is 20.9 Å². The molecule has 0 bridgehead atoms. The molecule has 0 atom stereocenters. The van der Waals surface area contributed by atoms with Crippen LogP contribution in [0, 0.1) is 10.1 Å². The van der Waals surface area contributed by atoms with Gasteiger partial charge in [-0.1, -0.05) is 29.5 Å². The first-order valence-electron chi connectivity index (χ1n) is 9.72. The highest BCUT2D eigenvalue weighted by Crippen LogP contribution is 2.34. The largest absolute Gasteiger partial charge is 0.332 e. The van der Waals surface area contributed by atoms with Gasteiger partial charge in [0.25, 0.3) is 11.6 Å². The molecule has 0 unspecified atom stereocenters. The van der Waals surface area contributed by atoms with E-state index in [1.807, 2.05) is 6.07 Å². The van der Waals surface area contributed by atoms with Crippen LogP contribution in [-0.2, 0) is 10.0 Å². The number of nitro benzene ring substituents is 1. The average molecular weight is 496 g/mol. The van der Waals surface area contributed by atoms with Crippen LogP contribution in [0.15, 0.2) is 83.8 Å². The fourth-order valence-corrected chi connectivity index (χ4v) is 4.44. The Hall–Kier alpha value is -4.13. The molecule has 10 nitrogen and oxygen atoms in total. The first-order chi connectivity index (χ1) is 16.2. The number of anilines is 3. The molecule has 0 fully saturated rings. The minimum atomic E-state index is -3.82. The van der Waals surface area contributed by atoms with Crippen molar-refractivity contribution in [3.63, 3.8) is 0 Å². The average Bonchev–Trinajstić information content (AvgIpc) is 3.23. The van der Waals surface area contributed by atoms with E-state index in [4.69, 9.17) is 5.14 Å². The van der Waals surface area contributed by atoms with E-state index in [-0.39, 0.29) is 10.6 Å². The van der Waals surface area contributed by atoms with Gasteiger partial charge < -0.3 is 10.6 Å². The van der Waals surface area contributed by atoms with Gasteiger partial charge in [-0.2, -0.15) is 0 Å². The van der Waals surface area contributed by atoms with Gasteiger partial charge in [-0.25, -0.2) is 18.5 Å². The van der Waals surface area contributed by atoms with Crippen molar-refractivity contribution in [2.24, 2.45) is 5.14 Å². The number of primary sulfonamides is 1. The van der Waals surface area contributed by atoms with Crippen LogP contribution in [0.25, 0.3) is 11.3 Å². The Morgan fingerprint density at radius 1 is 0.941 bits per heavy atom. The number of aromatic nitrogens is 1. The van der Waals surface area contributed by atoms with Gasteiger partial charge in [0.15, 0.2) is 5.13 Å². The molecule has 1 amide bonds. The summed E-state index contributed by atoms with van der Waals surface area (Å²) in [6.45, 7) is 0. The summed E-state index contributed by atoms with van der Waals surface area (Å²) >= 11 is 1.09. The summed E-state index contributed by atoms with van der Waals surface area (Å²) in [5.74, 6) is -0.394. The number of amides is 1. The number of nitro groups is 1. The van der Waals surface area contributed by atoms with Crippen molar-refractivity contribution < 1.29 is 18.1 Å². The third-order valence-corrected chi connectivity index (χ3v) is 6.55. The van der Waals surface area contributed by atoms with Crippen LogP contribution in [-0.4, -0.2) is 24.2 Å². The second-order valence-electron chi connectivity index (χ2n) is 7.02. The zero-order valence-corrected chi connectivity index (χ0v) is 19.0. The van der Waals surface area contributed by atoms with Gasteiger partial charge in [0.05, 0.1) is 15.5 Å². The third-order valence-electron chi connectivity index (χ3n) is 4.65. The molecule has 172 valence electrons. The lowest BCUT2D eigenvalue weighted by molar-refractivity contribution is -0.384. The molecule has 4 aromatic rings. The Morgan fingerprint density at radius 3 is 2.18 bits per heavy atom. The van der Waals surface area contributed by atoms with E-state index in [2.05, 4.69) is 15.6 Å². The second-order valence-corrected chi connectivity index (χ2v) is 9.58. The quantitative estimate of drug-likeness (QED) is 0.254. The molecule has 0 aliphatic heterocycles. The molecular weight excluding hydrogens is 478 g/mol. The van der Waals surface area contributed by atoms with Gasteiger partial charge in [0, 0.05) is 29.1 Å². The van der Waals surface area contributed by atoms with Crippen LogP contribution in [0.1, 0.15) is 9.67 Å². The van der Waals surface area contributed by atoms with Crippen LogP contribution in [0.4, 0.5) is 22.2 Å². The standard InChI is InChI=1S/C22H17N5O5S2/c23-34(31,32)18-12-8-16(9-13-18)25-22-26-19(14-6-10-17(11-7-14)27(29)30)20(33-22)21(28)24-15-4-2-1-3-5-15/h1-13H,(H,24,28)(H,25,26)(H2,23,31,32). The molecule has 3 aromatic carbocycles. The van der Waals surface area contributed by atoms with Crippen LogP contribution in [0.5, 0.6) is 0 Å². The minimum Gasteiger partial charge on any atom is -0.332 e. The van der Waals surface area contributed by atoms with E-state index >= 15 is 0 Å². The number of carbonyl (C=O) groups excluding carboxylic acids is 1. The van der Waals surface area contributed by atoms with Crippen molar-refractivity contribution in [3.05, 3.63) is 93.9 Å². The highest BCUT2D eigenvalue weighted by Gasteiger charge is 2.21. The molecule has 4 rings (SSSR count). The SMILES string of the molecule is NS(=O)(=O)c1ccc(Nc2nc(-c3ccc([N+](=O)[O-])cc3)c(C(=O)Nc3ccccc3)s2)cc1. The maximum Gasteiger partial charge on any atom is 0.269 e. The maximum absolute atomic E-state index is 13.0. The van der Waals surface area contributed by atoms with Gasteiger partial charge in [-0.05, 0) is 48.5 Å². The molecule has 0 saturated heterocycles.